The molecule has 0 aromatic rings. The van der Waals surface area contributed by atoms with Crippen LogP contribution in [0.15, 0.2) is 0 Å². The van der Waals surface area contributed by atoms with Crippen LogP contribution in [0.2, 0.25) is 0 Å². The minimum atomic E-state index is -0.472. The average Bonchev–Trinajstić information content (AvgIpc) is 2.37. The summed E-state index contributed by atoms with van der Waals surface area (Å²) in [6.45, 7) is 4.20. The summed E-state index contributed by atoms with van der Waals surface area (Å²) in [5.41, 5.74) is -0.359. The molecule has 0 heterocycles. The van der Waals surface area contributed by atoms with Crippen LogP contribution >= 0.6 is 0 Å². The lowest BCUT2D eigenvalue weighted by Crippen LogP contribution is -2.26. The van der Waals surface area contributed by atoms with E-state index in [0.29, 0.717) is 24.5 Å². The van der Waals surface area contributed by atoms with Crippen LogP contribution in [0.4, 0.5) is 0 Å². The van der Waals surface area contributed by atoms with E-state index in [9.17, 15) is 9.90 Å². The number of aliphatic hydroxyl groups is 1. The van der Waals surface area contributed by atoms with Gasteiger partial charge >= 0.3 is 0 Å². The molecule has 0 amide bonds. The summed E-state index contributed by atoms with van der Waals surface area (Å²) >= 11 is 0. The Labute approximate surface area is 79.3 Å². The topological polar surface area (TPSA) is 37.3 Å². The number of hydrogen-bond acceptors (Lipinski definition) is 2. The molecule has 13 heavy (non-hydrogen) atoms. The third-order valence-electron chi connectivity index (χ3n) is 4.08. The van der Waals surface area contributed by atoms with Gasteiger partial charge in [-0.15, -0.1) is 0 Å². The normalized spacial score (nSPS) is 49.8. The average molecular weight is 182 g/mol. The molecule has 0 spiro atoms. The summed E-state index contributed by atoms with van der Waals surface area (Å²) in [5, 5.41) is 10.1. The van der Waals surface area contributed by atoms with E-state index in [-0.39, 0.29) is 5.41 Å². The van der Waals surface area contributed by atoms with Gasteiger partial charge in [0.15, 0.2) is 0 Å². The quantitative estimate of drug-likeness (QED) is 0.672. The van der Waals surface area contributed by atoms with Crippen LogP contribution in [0, 0.1) is 11.3 Å². The number of hydrogen-bond donors (Lipinski definition) is 1. The molecule has 2 aliphatic rings. The maximum absolute atomic E-state index is 11.3. The van der Waals surface area contributed by atoms with Gasteiger partial charge in [-0.1, -0.05) is 13.8 Å². The van der Waals surface area contributed by atoms with Gasteiger partial charge in [-0.2, -0.15) is 0 Å². The fourth-order valence-electron chi connectivity index (χ4n) is 3.27. The SMILES string of the molecule is CC[C@@]1(O)C[C@@H]2CC(=O)C[C@]2(C)C1. The van der Waals surface area contributed by atoms with Crippen LogP contribution < -0.4 is 0 Å². The van der Waals surface area contributed by atoms with Gasteiger partial charge in [-0.25, -0.2) is 0 Å². The standard InChI is InChI=1S/C11H18O2/c1-3-11(13)5-8-4-9(12)6-10(8,2)7-11/h8,13H,3-7H2,1-2H3/t8-,10+,11+/m0/s1. The Kier molecular flexibility index (Phi) is 1.82. The Morgan fingerprint density at radius 1 is 1.62 bits per heavy atom. The Bertz CT molecular complexity index is 248. The first-order chi connectivity index (χ1) is 5.97. The van der Waals surface area contributed by atoms with E-state index in [0.717, 1.165) is 19.3 Å². The highest BCUT2D eigenvalue weighted by molar-refractivity contribution is 5.82. The second-order valence-corrected chi connectivity index (χ2v) is 5.23. The van der Waals surface area contributed by atoms with Crippen molar-refractivity contribution in [1.82, 2.24) is 0 Å². The molecule has 0 unspecified atom stereocenters. The highest BCUT2D eigenvalue weighted by atomic mass is 16.3. The molecule has 0 aromatic heterocycles. The maximum Gasteiger partial charge on any atom is 0.133 e. The number of fused-ring (bicyclic) bond motifs is 1. The van der Waals surface area contributed by atoms with Crippen molar-refractivity contribution in [1.29, 1.82) is 0 Å². The molecule has 0 radical (unpaired) electrons. The van der Waals surface area contributed by atoms with Crippen LogP contribution in [0.5, 0.6) is 0 Å². The minimum absolute atomic E-state index is 0.113. The van der Waals surface area contributed by atoms with Gasteiger partial charge in [0.1, 0.15) is 5.78 Å². The molecule has 2 saturated carbocycles. The molecule has 3 atom stereocenters. The van der Waals surface area contributed by atoms with E-state index in [1.165, 1.54) is 0 Å². The van der Waals surface area contributed by atoms with Crippen LogP contribution in [0.25, 0.3) is 0 Å². The third kappa shape index (κ3) is 1.32. The summed E-state index contributed by atoms with van der Waals surface area (Å²) in [5.74, 6) is 0.843. The number of Topliss-reactive ketones (excluding diaryl/α,β-unsaturated/α-hetero) is 1. The highest BCUT2D eigenvalue weighted by Crippen LogP contribution is 2.56. The van der Waals surface area contributed by atoms with Crippen molar-refractivity contribution in [2.45, 2.75) is 51.6 Å². The number of carbonyl (C=O) groups excluding carboxylic acids is 1. The second-order valence-electron chi connectivity index (χ2n) is 5.23. The number of carbonyl (C=O) groups is 1. The maximum atomic E-state index is 11.3. The lowest BCUT2D eigenvalue weighted by molar-refractivity contribution is -0.118. The zero-order valence-corrected chi connectivity index (χ0v) is 8.47. The molecular weight excluding hydrogens is 164 g/mol. The van der Waals surface area contributed by atoms with E-state index in [4.69, 9.17) is 0 Å². The van der Waals surface area contributed by atoms with Gasteiger partial charge in [0, 0.05) is 12.8 Å². The minimum Gasteiger partial charge on any atom is -0.390 e. The predicted octanol–water partition coefficient (Wildman–Crippen LogP) is 1.91. The Morgan fingerprint density at radius 2 is 2.31 bits per heavy atom. The van der Waals surface area contributed by atoms with E-state index < -0.39 is 5.60 Å². The Morgan fingerprint density at radius 3 is 2.85 bits per heavy atom. The number of ketones is 1. The molecule has 2 aliphatic carbocycles. The van der Waals surface area contributed by atoms with Crippen molar-refractivity contribution >= 4 is 5.78 Å². The summed E-state index contributed by atoms with van der Waals surface area (Å²) in [4.78, 5) is 11.3. The van der Waals surface area contributed by atoms with E-state index in [1.807, 2.05) is 6.92 Å². The molecule has 0 bridgehead atoms. The summed E-state index contributed by atoms with van der Waals surface area (Å²) in [6, 6.07) is 0. The van der Waals surface area contributed by atoms with E-state index >= 15 is 0 Å². The molecule has 74 valence electrons. The van der Waals surface area contributed by atoms with Gasteiger partial charge < -0.3 is 5.11 Å². The predicted molar refractivity (Wildman–Crippen MR) is 50.3 cm³/mol. The molecule has 2 fully saturated rings. The van der Waals surface area contributed by atoms with Crippen molar-refractivity contribution in [2.24, 2.45) is 11.3 Å². The summed E-state index contributed by atoms with van der Waals surface area (Å²) in [7, 11) is 0. The van der Waals surface area contributed by atoms with Crippen LogP contribution in [0.1, 0.15) is 46.0 Å². The molecule has 2 nitrogen and oxygen atoms in total. The fraction of sp³-hybridized carbons (Fsp3) is 0.909. The number of rotatable bonds is 1. The fourth-order valence-corrected chi connectivity index (χ4v) is 3.27. The van der Waals surface area contributed by atoms with E-state index in [2.05, 4.69) is 6.92 Å². The molecule has 0 aliphatic heterocycles. The third-order valence-corrected chi connectivity index (χ3v) is 4.08. The summed E-state index contributed by atoms with van der Waals surface area (Å²) in [6.07, 6.45) is 3.89. The lowest BCUT2D eigenvalue weighted by atomic mass is 9.82. The Balaban J connectivity index is 2.19. The molecule has 0 aromatic carbocycles. The van der Waals surface area contributed by atoms with Gasteiger partial charge in [0.2, 0.25) is 0 Å². The first-order valence-corrected chi connectivity index (χ1v) is 5.21. The Hall–Kier alpha value is -0.370. The van der Waals surface area contributed by atoms with Crippen molar-refractivity contribution in [2.75, 3.05) is 0 Å². The zero-order valence-electron chi connectivity index (χ0n) is 8.47. The van der Waals surface area contributed by atoms with E-state index in [1.54, 1.807) is 0 Å². The molecular formula is C11H18O2. The van der Waals surface area contributed by atoms with Crippen molar-refractivity contribution < 1.29 is 9.90 Å². The first-order valence-electron chi connectivity index (χ1n) is 5.21. The van der Waals surface area contributed by atoms with Crippen LogP contribution in [-0.4, -0.2) is 16.5 Å². The zero-order chi connectivity index (χ0) is 9.69. The largest absolute Gasteiger partial charge is 0.390 e. The molecule has 1 N–H and O–H groups in total. The van der Waals surface area contributed by atoms with Crippen LogP contribution in [0.3, 0.4) is 0 Å². The second kappa shape index (κ2) is 2.57. The van der Waals surface area contributed by atoms with Gasteiger partial charge in [0.25, 0.3) is 0 Å². The molecule has 2 rings (SSSR count). The van der Waals surface area contributed by atoms with Crippen molar-refractivity contribution in [3.63, 3.8) is 0 Å². The van der Waals surface area contributed by atoms with Crippen LogP contribution in [-0.2, 0) is 4.79 Å². The smallest absolute Gasteiger partial charge is 0.133 e. The highest BCUT2D eigenvalue weighted by Gasteiger charge is 2.54. The molecule has 0 saturated heterocycles. The summed E-state index contributed by atoms with van der Waals surface area (Å²) < 4.78 is 0. The van der Waals surface area contributed by atoms with Crippen molar-refractivity contribution in [3.8, 4) is 0 Å². The van der Waals surface area contributed by atoms with Gasteiger partial charge in [-0.05, 0) is 30.6 Å². The monoisotopic (exact) mass is 182 g/mol. The lowest BCUT2D eigenvalue weighted by Gasteiger charge is -2.25. The van der Waals surface area contributed by atoms with Gasteiger partial charge in [0.05, 0.1) is 5.60 Å². The molecule has 2 heteroatoms. The van der Waals surface area contributed by atoms with Gasteiger partial charge in [-0.3, -0.25) is 4.79 Å². The first kappa shape index (κ1) is 9.20. The van der Waals surface area contributed by atoms with Crippen molar-refractivity contribution in [3.05, 3.63) is 0 Å².